The first kappa shape index (κ1) is 19.3. The van der Waals surface area contributed by atoms with Crippen molar-refractivity contribution < 1.29 is 15.0 Å². The molecule has 0 aromatic carbocycles. The third-order valence-electron chi connectivity index (χ3n) is 2.81. The lowest BCUT2D eigenvalue weighted by molar-refractivity contribution is -0.137. The largest absolute Gasteiger partial charge is 0.481 e. The SMILES string of the molecule is CCC#CCC(O)/C=C/C#CCCCCCCCC(=O)O. The van der Waals surface area contributed by atoms with Crippen LogP contribution in [-0.2, 0) is 4.79 Å². The molecule has 0 rings (SSSR count). The van der Waals surface area contributed by atoms with Crippen LogP contribution in [0.5, 0.6) is 0 Å². The topological polar surface area (TPSA) is 57.5 Å². The van der Waals surface area contributed by atoms with E-state index >= 15 is 0 Å². The van der Waals surface area contributed by atoms with E-state index in [0.717, 1.165) is 44.9 Å². The smallest absolute Gasteiger partial charge is 0.303 e. The number of hydrogen-bond acceptors (Lipinski definition) is 2. The molecule has 0 heterocycles. The average molecular weight is 290 g/mol. The zero-order valence-corrected chi connectivity index (χ0v) is 12.9. The van der Waals surface area contributed by atoms with Crippen LogP contribution >= 0.6 is 0 Å². The van der Waals surface area contributed by atoms with Gasteiger partial charge in [0.15, 0.2) is 0 Å². The Kier molecular flexibility index (Phi) is 13.5. The monoisotopic (exact) mass is 290 g/mol. The van der Waals surface area contributed by atoms with Crippen molar-refractivity contribution in [1.82, 2.24) is 0 Å². The predicted molar refractivity (Wildman–Crippen MR) is 85.6 cm³/mol. The Hall–Kier alpha value is -1.71. The van der Waals surface area contributed by atoms with Crippen molar-refractivity contribution in [3.63, 3.8) is 0 Å². The van der Waals surface area contributed by atoms with Crippen LogP contribution in [0.15, 0.2) is 12.2 Å². The van der Waals surface area contributed by atoms with Gasteiger partial charge in [0.05, 0.1) is 6.10 Å². The molecule has 3 nitrogen and oxygen atoms in total. The van der Waals surface area contributed by atoms with Crippen LogP contribution in [0.3, 0.4) is 0 Å². The molecule has 1 atom stereocenters. The maximum Gasteiger partial charge on any atom is 0.303 e. The molecule has 1 unspecified atom stereocenters. The molecule has 0 aliphatic rings. The van der Waals surface area contributed by atoms with Crippen LogP contribution in [0.2, 0.25) is 0 Å². The Morgan fingerprint density at radius 1 is 1.10 bits per heavy atom. The molecule has 3 heteroatoms. The molecule has 2 N–H and O–H groups in total. The minimum absolute atomic E-state index is 0.273. The number of hydrogen-bond donors (Lipinski definition) is 2. The molecule has 0 aromatic heterocycles. The molecule has 0 radical (unpaired) electrons. The van der Waals surface area contributed by atoms with Gasteiger partial charge in [-0.2, -0.15) is 0 Å². The van der Waals surface area contributed by atoms with E-state index in [2.05, 4.69) is 23.7 Å². The number of aliphatic hydroxyl groups is 1. The molecule has 0 bridgehead atoms. The Labute approximate surface area is 128 Å². The summed E-state index contributed by atoms with van der Waals surface area (Å²) in [4.78, 5) is 10.3. The van der Waals surface area contributed by atoms with Gasteiger partial charge in [-0.25, -0.2) is 0 Å². The van der Waals surface area contributed by atoms with Crippen LogP contribution in [0, 0.1) is 23.7 Å². The summed E-state index contributed by atoms with van der Waals surface area (Å²) in [6.45, 7) is 1.98. The van der Waals surface area contributed by atoms with E-state index in [1.807, 2.05) is 6.92 Å². The van der Waals surface area contributed by atoms with Gasteiger partial charge in [0, 0.05) is 25.7 Å². The summed E-state index contributed by atoms with van der Waals surface area (Å²) in [6.07, 6.45) is 10.2. The number of carboxylic acids is 1. The number of aliphatic hydroxyl groups excluding tert-OH is 1. The van der Waals surface area contributed by atoms with Crippen molar-refractivity contribution >= 4 is 5.97 Å². The molecular weight excluding hydrogens is 264 g/mol. The van der Waals surface area contributed by atoms with Crippen molar-refractivity contribution in [3.05, 3.63) is 12.2 Å². The zero-order chi connectivity index (χ0) is 15.8. The molecule has 0 aliphatic heterocycles. The van der Waals surface area contributed by atoms with Crippen molar-refractivity contribution in [3.8, 4) is 23.7 Å². The summed E-state index contributed by atoms with van der Waals surface area (Å²) in [5, 5.41) is 18.0. The van der Waals surface area contributed by atoms with Gasteiger partial charge in [0.2, 0.25) is 0 Å². The number of unbranched alkanes of at least 4 members (excludes halogenated alkanes) is 5. The van der Waals surface area contributed by atoms with Gasteiger partial charge in [-0.3, -0.25) is 4.79 Å². The number of aliphatic carboxylic acids is 1. The van der Waals surface area contributed by atoms with Gasteiger partial charge in [-0.15, -0.1) is 11.8 Å². The van der Waals surface area contributed by atoms with Crippen molar-refractivity contribution in [2.24, 2.45) is 0 Å². The second kappa shape index (κ2) is 14.7. The summed E-state index contributed by atoms with van der Waals surface area (Å²) in [5.74, 6) is 11.0. The molecule has 0 aliphatic carbocycles. The Balaban J connectivity index is 3.50. The maximum absolute atomic E-state index is 10.3. The summed E-state index contributed by atoms with van der Waals surface area (Å²) in [7, 11) is 0. The molecule has 0 spiro atoms. The summed E-state index contributed by atoms with van der Waals surface area (Å²) in [5.41, 5.74) is 0. The summed E-state index contributed by atoms with van der Waals surface area (Å²) in [6, 6.07) is 0. The van der Waals surface area contributed by atoms with E-state index in [-0.39, 0.29) is 6.42 Å². The lowest BCUT2D eigenvalue weighted by Crippen LogP contribution is -1.98. The fraction of sp³-hybridized carbons (Fsp3) is 0.611. The normalized spacial score (nSPS) is 11.3. The van der Waals surface area contributed by atoms with E-state index in [0.29, 0.717) is 6.42 Å². The van der Waals surface area contributed by atoms with E-state index in [9.17, 15) is 9.90 Å². The predicted octanol–water partition coefficient (Wildman–Crippen LogP) is 3.53. The molecule has 0 amide bonds. The van der Waals surface area contributed by atoms with Crippen molar-refractivity contribution in [1.29, 1.82) is 0 Å². The second-order valence-electron chi connectivity index (χ2n) is 4.82. The molecule has 0 fully saturated rings. The van der Waals surface area contributed by atoms with E-state index in [1.165, 1.54) is 0 Å². The number of carboxylic acid groups (broad SMARTS) is 1. The minimum Gasteiger partial charge on any atom is -0.481 e. The summed E-state index contributed by atoms with van der Waals surface area (Å²) < 4.78 is 0. The maximum atomic E-state index is 10.3. The molecule has 116 valence electrons. The Morgan fingerprint density at radius 3 is 2.52 bits per heavy atom. The highest BCUT2D eigenvalue weighted by molar-refractivity contribution is 5.66. The molecule has 21 heavy (non-hydrogen) atoms. The van der Waals surface area contributed by atoms with Crippen LogP contribution in [-0.4, -0.2) is 22.3 Å². The first-order valence-electron chi connectivity index (χ1n) is 7.67. The Bertz CT molecular complexity index is 415. The van der Waals surface area contributed by atoms with E-state index in [4.69, 9.17) is 5.11 Å². The van der Waals surface area contributed by atoms with Gasteiger partial charge in [0.1, 0.15) is 0 Å². The van der Waals surface area contributed by atoms with Crippen molar-refractivity contribution in [2.45, 2.75) is 70.8 Å². The van der Waals surface area contributed by atoms with Gasteiger partial charge in [-0.05, 0) is 25.0 Å². The van der Waals surface area contributed by atoms with Gasteiger partial charge in [-0.1, -0.05) is 38.0 Å². The Morgan fingerprint density at radius 2 is 1.81 bits per heavy atom. The first-order chi connectivity index (χ1) is 10.2. The average Bonchev–Trinajstić information content (AvgIpc) is 2.44. The highest BCUT2D eigenvalue weighted by Crippen LogP contribution is 2.06. The highest BCUT2D eigenvalue weighted by atomic mass is 16.4. The molecular formula is C18H26O3. The molecule has 0 saturated carbocycles. The highest BCUT2D eigenvalue weighted by Gasteiger charge is 1.95. The van der Waals surface area contributed by atoms with Crippen LogP contribution < -0.4 is 0 Å². The lowest BCUT2D eigenvalue weighted by Gasteiger charge is -1.97. The fourth-order valence-corrected chi connectivity index (χ4v) is 1.68. The third kappa shape index (κ3) is 16.2. The molecule has 0 saturated heterocycles. The van der Waals surface area contributed by atoms with E-state index < -0.39 is 12.1 Å². The third-order valence-corrected chi connectivity index (χ3v) is 2.81. The summed E-state index contributed by atoms with van der Waals surface area (Å²) >= 11 is 0. The van der Waals surface area contributed by atoms with E-state index in [1.54, 1.807) is 12.2 Å². The number of allylic oxidation sites excluding steroid dienone is 1. The van der Waals surface area contributed by atoms with Crippen LogP contribution in [0.25, 0.3) is 0 Å². The lowest BCUT2D eigenvalue weighted by atomic mass is 10.1. The zero-order valence-electron chi connectivity index (χ0n) is 12.9. The van der Waals surface area contributed by atoms with Crippen LogP contribution in [0.1, 0.15) is 64.7 Å². The van der Waals surface area contributed by atoms with Gasteiger partial charge < -0.3 is 10.2 Å². The molecule has 0 aromatic rings. The van der Waals surface area contributed by atoms with Gasteiger partial charge >= 0.3 is 5.97 Å². The van der Waals surface area contributed by atoms with Gasteiger partial charge in [0.25, 0.3) is 0 Å². The van der Waals surface area contributed by atoms with Crippen molar-refractivity contribution in [2.75, 3.05) is 0 Å². The second-order valence-corrected chi connectivity index (χ2v) is 4.82. The quantitative estimate of drug-likeness (QED) is 0.504. The number of carbonyl (C=O) groups is 1. The number of rotatable bonds is 9. The first-order valence-corrected chi connectivity index (χ1v) is 7.67. The van der Waals surface area contributed by atoms with Crippen LogP contribution in [0.4, 0.5) is 0 Å². The minimum atomic E-state index is -0.712. The standard InChI is InChI=1S/C18H26O3/c1-2-3-11-14-17(19)15-12-9-7-5-4-6-8-10-13-16-18(20)21/h12,15,17,19H,2,4-6,8,10,13-14,16H2,1H3,(H,20,21)/b15-12+. The fourth-order valence-electron chi connectivity index (χ4n) is 1.68.